The minimum absolute atomic E-state index is 0.263. The van der Waals surface area contributed by atoms with E-state index < -0.39 is 0 Å². The lowest BCUT2D eigenvalue weighted by atomic mass is 9.52. The molecule has 23 heavy (non-hydrogen) atoms. The van der Waals surface area contributed by atoms with Crippen LogP contribution in [0.3, 0.4) is 0 Å². The van der Waals surface area contributed by atoms with Crippen LogP contribution in [0.15, 0.2) is 40.9 Å². The first-order valence-electron chi connectivity index (χ1n) is 9.10. The topological polar surface area (TPSA) is 9.23 Å². The van der Waals surface area contributed by atoms with Crippen molar-refractivity contribution >= 4 is 15.9 Å². The molecule has 0 amide bonds. The number of rotatable bonds is 1. The minimum atomic E-state index is 0.263. The van der Waals surface area contributed by atoms with Crippen molar-refractivity contribution in [1.29, 1.82) is 0 Å². The number of fused-ring (bicyclic) bond motifs is 3. The summed E-state index contributed by atoms with van der Waals surface area (Å²) in [6.07, 6.45) is 8.04. The molecule has 0 aromatic heterocycles. The summed E-state index contributed by atoms with van der Waals surface area (Å²) in [5.41, 5.74) is 3.19. The first kappa shape index (κ1) is 15.9. The van der Waals surface area contributed by atoms with Gasteiger partial charge in [-0.3, -0.25) is 0 Å². The van der Waals surface area contributed by atoms with Crippen LogP contribution in [-0.2, 0) is 4.74 Å². The molecule has 0 spiro atoms. The van der Waals surface area contributed by atoms with E-state index in [1.54, 1.807) is 0 Å². The third kappa shape index (κ3) is 2.72. The van der Waals surface area contributed by atoms with Crippen molar-refractivity contribution in [3.05, 3.63) is 46.5 Å². The van der Waals surface area contributed by atoms with Crippen LogP contribution in [0.4, 0.5) is 0 Å². The quantitative estimate of drug-likeness (QED) is 0.524. The second-order valence-corrected chi connectivity index (χ2v) is 9.05. The largest absolute Gasteiger partial charge is 0.373 e. The Morgan fingerprint density at radius 3 is 2.87 bits per heavy atom. The summed E-state index contributed by atoms with van der Waals surface area (Å²) in [6, 6.07) is 8.56. The SMILES string of the molecule is C=C1CC[C@H]2C(CCC3CC(c4ccccc4Br)OC[C@]32C)C1. The third-order valence-electron chi connectivity index (χ3n) is 6.94. The van der Waals surface area contributed by atoms with Crippen LogP contribution in [0.5, 0.6) is 0 Å². The average molecular weight is 375 g/mol. The molecule has 5 atom stereocenters. The third-order valence-corrected chi connectivity index (χ3v) is 7.66. The van der Waals surface area contributed by atoms with Gasteiger partial charge in [0, 0.05) is 4.47 Å². The molecule has 0 N–H and O–H groups in total. The van der Waals surface area contributed by atoms with Gasteiger partial charge in [-0.2, -0.15) is 0 Å². The Hall–Kier alpha value is -0.600. The molecule has 124 valence electrons. The van der Waals surface area contributed by atoms with Gasteiger partial charge in [0.05, 0.1) is 12.7 Å². The molecule has 1 heterocycles. The van der Waals surface area contributed by atoms with E-state index in [-0.39, 0.29) is 6.10 Å². The van der Waals surface area contributed by atoms with Gasteiger partial charge in [0.1, 0.15) is 0 Å². The van der Waals surface area contributed by atoms with E-state index in [0.717, 1.165) is 24.4 Å². The van der Waals surface area contributed by atoms with E-state index in [0.29, 0.717) is 5.41 Å². The van der Waals surface area contributed by atoms with Crippen LogP contribution in [-0.4, -0.2) is 6.61 Å². The molecule has 4 rings (SSSR count). The van der Waals surface area contributed by atoms with Gasteiger partial charge in [-0.15, -0.1) is 0 Å². The van der Waals surface area contributed by atoms with Gasteiger partial charge >= 0.3 is 0 Å². The summed E-state index contributed by atoms with van der Waals surface area (Å²) in [6.45, 7) is 7.70. The van der Waals surface area contributed by atoms with Gasteiger partial charge in [-0.1, -0.05) is 53.2 Å². The summed E-state index contributed by atoms with van der Waals surface area (Å²) in [5, 5.41) is 0. The van der Waals surface area contributed by atoms with Crippen molar-refractivity contribution in [3.8, 4) is 0 Å². The van der Waals surface area contributed by atoms with E-state index in [9.17, 15) is 0 Å². The number of allylic oxidation sites excluding steroid dienone is 1. The maximum Gasteiger partial charge on any atom is 0.0838 e. The van der Waals surface area contributed by atoms with Crippen LogP contribution in [0.1, 0.15) is 57.1 Å². The fourth-order valence-electron chi connectivity index (χ4n) is 5.60. The molecular formula is C21H27BrO. The van der Waals surface area contributed by atoms with Crippen LogP contribution >= 0.6 is 15.9 Å². The Kier molecular flexibility index (Phi) is 4.18. The number of ether oxygens (including phenoxy) is 1. The summed E-state index contributed by atoms with van der Waals surface area (Å²) in [7, 11) is 0. The molecule has 3 unspecified atom stereocenters. The smallest absolute Gasteiger partial charge is 0.0838 e. The minimum Gasteiger partial charge on any atom is -0.373 e. The molecule has 0 bridgehead atoms. The van der Waals surface area contributed by atoms with Gasteiger partial charge in [-0.05, 0) is 73.3 Å². The lowest BCUT2D eigenvalue weighted by Crippen LogP contribution is -2.51. The molecule has 2 heteroatoms. The van der Waals surface area contributed by atoms with E-state index in [1.807, 2.05) is 0 Å². The zero-order valence-corrected chi connectivity index (χ0v) is 15.6. The van der Waals surface area contributed by atoms with Gasteiger partial charge in [0.25, 0.3) is 0 Å². The molecule has 2 saturated carbocycles. The highest BCUT2D eigenvalue weighted by Crippen LogP contribution is 2.58. The van der Waals surface area contributed by atoms with E-state index >= 15 is 0 Å². The highest BCUT2D eigenvalue weighted by molar-refractivity contribution is 9.10. The Balaban J connectivity index is 1.55. The first-order chi connectivity index (χ1) is 11.1. The number of halogens is 1. The molecule has 2 aliphatic carbocycles. The molecule has 1 aliphatic heterocycles. The standard InChI is InChI=1S/C21H27BrO/c1-14-7-10-18-15(11-14)8-9-16-12-20(23-13-21(16,18)2)17-5-3-4-6-19(17)22/h3-6,15-16,18,20H,1,7-13H2,2H3/t15?,16?,18-,20?,21+/m0/s1. The van der Waals surface area contributed by atoms with E-state index in [1.165, 1.54) is 54.1 Å². The molecule has 3 fully saturated rings. The van der Waals surface area contributed by atoms with Crippen molar-refractivity contribution in [2.45, 2.75) is 51.6 Å². The zero-order chi connectivity index (χ0) is 16.0. The second-order valence-electron chi connectivity index (χ2n) is 8.20. The van der Waals surface area contributed by atoms with E-state index in [4.69, 9.17) is 4.74 Å². The van der Waals surface area contributed by atoms with Gasteiger partial charge in [0.15, 0.2) is 0 Å². The summed E-state index contributed by atoms with van der Waals surface area (Å²) < 4.78 is 7.63. The van der Waals surface area contributed by atoms with Crippen molar-refractivity contribution < 1.29 is 4.74 Å². The average Bonchev–Trinajstić information content (AvgIpc) is 2.54. The van der Waals surface area contributed by atoms with Crippen LogP contribution in [0, 0.1) is 23.2 Å². The number of benzene rings is 1. The predicted octanol–water partition coefficient (Wildman–Crippen LogP) is 6.30. The van der Waals surface area contributed by atoms with Gasteiger partial charge < -0.3 is 4.74 Å². The Labute approximate surface area is 148 Å². The van der Waals surface area contributed by atoms with Crippen LogP contribution < -0.4 is 0 Å². The summed E-state index contributed by atoms with van der Waals surface area (Å²) >= 11 is 3.71. The lowest BCUT2D eigenvalue weighted by molar-refractivity contribution is -0.154. The second kappa shape index (κ2) is 6.04. The molecule has 0 radical (unpaired) electrons. The fourth-order valence-corrected chi connectivity index (χ4v) is 6.14. The van der Waals surface area contributed by atoms with Crippen molar-refractivity contribution in [3.63, 3.8) is 0 Å². The summed E-state index contributed by atoms with van der Waals surface area (Å²) in [4.78, 5) is 0. The zero-order valence-electron chi connectivity index (χ0n) is 14.1. The number of hydrogen-bond donors (Lipinski definition) is 0. The Bertz CT molecular complexity index is 610. The highest BCUT2D eigenvalue weighted by atomic mass is 79.9. The lowest BCUT2D eigenvalue weighted by Gasteiger charge is -2.56. The molecule has 1 aromatic rings. The first-order valence-corrected chi connectivity index (χ1v) is 9.90. The normalized spacial score (nSPS) is 40.3. The van der Waals surface area contributed by atoms with Crippen LogP contribution in [0.25, 0.3) is 0 Å². The number of hydrogen-bond acceptors (Lipinski definition) is 1. The summed E-state index contributed by atoms with van der Waals surface area (Å²) in [5.74, 6) is 2.51. The molecule has 3 aliphatic rings. The van der Waals surface area contributed by atoms with Gasteiger partial charge in [0.2, 0.25) is 0 Å². The maximum atomic E-state index is 6.44. The Morgan fingerprint density at radius 2 is 2.04 bits per heavy atom. The Morgan fingerprint density at radius 1 is 1.22 bits per heavy atom. The van der Waals surface area contributed by atoms with E-state index in [2.05, 4.69) is 53.7 Å². The van der Waals surface area contributed by atoms with Crippen LogP contribution in [0.2, 0.25) is 0 Å². The van der Waals surface area contributed by atoms with Gasteiger partial charge in [-0.25, -0.2) is 0 Å². The predicted molar refractivity (Wildman–Crippen MR) is 98.3 cm³/mol. The molecule has 1 saturated heterocycles. The molecule has 1 nitrogen and oxygen atoms in total. The fraction of sp³-hybridized carbons (Fsp3) is 0.619. The molecular weight excluding hydrogens is 348 g/mol. The van der Waals surface area contributed by atoms with Crippen molar-refractivity contribution in [2.24, 2.45) is 23.2 Å². The maximum absolute atomic E-state index is 6.44. The highest BCUT2D eigenvalue weighted by Gasteiger charge is 2.52. The monoisotopic (exact) mass is 374 g/mol. The van der Waals surface area contributed by atoms with Crippen molar-refractivity contribution in [1.82, 2.24) is 0 Å². The molecule has 1 aromatic carbocycles. The van der Waals surface area contributed by atoms with Crippen molar-refractivity contribution in [2.75, 3.05) is 6.61 Å².